The average Bonchev–Trinajstić information content (AvgIpc) is 2.98. The fourth-order valence-electron chi connectivity index (χ4n) is 3.50. The van der Waals surface area contributed by atoms with E-state index in [0.717, 1.165) is 5.56 Å². The van der Waals surface area contributed by atoms with E-state index < -0.39 is 5.60 Å². The molecule has 1 aromatic carbocycles. The van der Waals surface area contributed by atoms with Gasteiger partial charge in [0, 0.05) is 6.54 Å². The van der Waals surface area contributed by atoms with Crippen molar-refractivity contribution in [2.45, 2.75) is 51.5 Å². The maximum absolute atomic E-state index is 12.5. The van der Waals surface area contributed by atoms with Crippen molar-refractivity contribution in [2.24, 2.45) is 0 Å². The van der Waals surface area contributed by atoms with Crippen LogP contribution in [0.3, 0.4) is 0 Å². The van der Waals surface area contributed by atoms with Crippen LogP contribution in [0.15, 0.2) is 30.3 Å². The molecule has 0 N–H and O–H groups in total. The van der Waals surface area contributed by atoms with Crippen molar-refractivity contribution < 1.29 is 19.1 Å². The molecule has 25 heavy (non-hydrogen) atoms. The number of hydrogen-bond acceptors (Lipinski definition) is 4. The summed E-state index contributed by atoms with van der Waals surface area (Å²) in [5, 5.41) is 0. The van der Waals surface area contributed by atoms with Gasteiger partial charge < -0.3 is 19.3 Å². The highest BCUT2D eigenvalue weighted by atomic mass is 16.6. The van der Waals surface area contributed by atoms with Crippen LogP contribution in [0.2, 0.25) is 0 Å². The Hall–Kier alpha value is -2.08. The number of rotatable bonds is 2. The topological polar surface area (TPSA) is 59.1 Å². The lowest BCUT2D eigenvalue weighted by atomic mass is 10.0. The molecule has 0 aromatic heterocycles. The van der Waals surface area contributed by atoms with Gasteiger partial charge in [-0.15, -0.1) is 0 Å². The Morgan fingerprint density at radius 3 is 2.56 bits per heavy atom. The van der Waals surface area contributed by atoms with E-state index in [4.69, 9.17) is 9.47 Å². The number of fused-ring (bicyclic) bond motifs is 1. The lowest BCUT2D eigenvalue weighted by molar-refractivity contribution is -0.156. The molecular weight excluding hydrogens is 320 g/mol. The molecule has 2 aliphatic heterocycles. The smallest absolute Gasteiger partial charge is 0.410 e. The summed E-state index contributed by atoms with van der Waals surface area (Å²) in [6, 6.07) is 9.71. The zero-order valence-electron chi connectivity index (χ0n) is 15.3. The average molecular weight is 346 g/mol. The van der Waals surface area contributed by atoms with Gasteiger partial charge in [0.25, 0.3) is 0 Å². The molecule has 0 saturated carbocycles. The molecule has 2 saturated heterocycles. The Bertz CT molecular complexity index is 641. The third-order valence-corrected chi connectivity index (χ3v) is 4.65. The number of morpholine rings is 1. The first-order chi connectivity index (χ1) is 11.8. The zero-order chi connectivity index (χ0) is 18.2. The highest BCUT2D eigenvalue weighted by Gasteiger charge is 2.47. The highest BCUT2D eigenvalue weighted by Crippen LogP contribution is 2.32. The monoisotopic (exact) mass is 346 g/mol. The summed E-state index contributed by atoms with van der Waals surface area (Å²) in [4.78, 5) is 28.4. The quantitative estimate of drug-likeness (QED) is 0.826. The lowest BCUT2D eigenvalue weighted by Crippen LogP contribution is -2.54. The second-order valence-electron chi connectivity index (χ2n) is 7.69. The number of carbonyl (C=O) groups is 2. The third kappa shape index (κ3) is 3.79. The minimum atomic E-state index is -0.543. The number of likely N-dealkylation sites (tertiary alicyclic amines) is 1. The van der Waals surface area contributed by atoms with Crippen molar-refractivity contribution in [3.05, 3.63) is 35.9 Å². The van der Waals surface area contributed by atoms with Crippen molar-refractivity contribution in [3.63, 3.8) is 0 Å². The van der Waals surface area contributed by atoms with Crippen LogP contribution in [0.25, 0.3) is 0 Å². The summed E-state index contributed by atoms with van der Waals surface area (Å²) in [5.74, 6) is -0.0383. The molecule has 3 rings (SSSR count). The number of amides is 2. The molecule has 6 nitrogen and oxygen atoms in total. The minimum absolute atomic E-state index is 0.0383. The molecule has 0 radical (unpaired) electrons. The van der Waals surface area contributed by atoms with Crippen LogP contribution in [-0.2, 0) is 14.3 Å². The summed E-state index contributed by atoms with van der Waals surface area (Å²) in [7, 11) is 0. The van der Waals surface area contributed by atoms with Crippen LogP contribution in [0, 0.1) is 0 Å². The Morgan fingerprint density at radius 2 is 1.92 bits per heavy atom. The molecule has 0 bridgehead atoms. The van der Waals surface area contributed by atoms with Crippen molar-refractivity contribution in [2.75, 3.05) is 19.7 Å². The molecule has 2 fully saturated rings. The highest BCUT2D eigenvalue weighted by molar-refractivity contribution is 5.79. The molecule has 0 unspecified atom stereocenters. The van der Waals surface area contributed by atoms with Gasteiger partial charge in [-0.05, 0) is 33.3 Å². The molecule has 2 amide bonds. The van der Waals surface area contributed by atoms with Crippen molar-refractivity contribution in [1.82, 2.24) is 9.80 Å². The molecule has 6 heteroatoms. The predicted octanol–water partition coefficient (Wildman–Crippen LogP) is 2.59. The first kappa shape index (κ1) is 17.7. The van der Waals surface area contributed by atoms with Crippen LogP contribution < -0.4 is 0 Å². The van der Waals surface area contributed by atoms with Crippen LogP contribution in [0.1, 0.15) is 39.3 Å². The molecule has 2 aliphatic rings. The summed E-state index contributed by atoms with van der Waals surface area (Å²) < 4.78 is 11.2. The number of nitrogens with zero attached hydrogens (tertiary/aromatic N) is 2. The number of benzene rings is 1. The fourth-order valence-corrected chi connectivity index (χ4v) is 3.50. The first-order valence-electron chi connectivity index (χ1n) is 8.72. The molecular formula is C19H26N2O4. The third-order valence-electron chi connectivity index (χ3n) is 4.65. The summed E-state index contributed by atoms with van der Waals surface area (Å²) in [6.45, 7) is 8.49. The van der Waals surface area contributed by atoms with E-state index in [1.807, 2.05) is 62.9 Å². The number of hydrogen-bond donors (Lipinski definition) is 0. The van der Waals surface area contributed by atoms with Gasteiger partial charge in [-0.1, -0.05) is 30.3 Å². The van der Waals surface area contributed by atoms with E-state index in [1.165, 1.54) is 0 Å². The maximum Gasteiger partial charge on any atom is 0.410 e. The lowest BCUT2D eigenvalue weighted by Gasteiger charge is -2.40. The Labute approximate surface area is 148 Å². The van der Waals surface area contributed by atoms with Crippen LogP contribution in [0.5, 0.6) is 0 Å². The van der Waals surface area contributed by atoms with Crippen molar-refractivity contribution >= 4 is 12.0 Å². The van der Waals surface area contributed by atoms with Crippen molar-refractivity contribution in [3.8, 4) is 0 Å². The summed E-state index contributed by atoms with van der Waals surface area (Å²) >= 11 is 0. The Balaban J connectivity index is 1.77. The van der Waals surface area contributed by atoms with Crippen LogP contribution in [0.4, 0.5) is 4.79 Å². The Morgan fingerprint density at radius 1 is 1.24 bits per heavy atom. The molecule has 2 heterocycles. The molecule has 0 spiro atoms. The van der Waals surface area contributed by atoms with Gasteiger partial charge in [-0.25, -0.2) is 4.79 Å². The van der Waals surface area contributed by atoms with E-state index in [0.29, 0.717) is 13.1 Å². The van der Waals surface area contributed by atoms with Gasteiger partial charge in [-0.2, -0.15) is 0 Å². The van der Waals surface area contributed by atoms with Gasteiger partial charge >= 0.3 is 6.09 Å². The van der Waals surface area contributed by atoms with E-state index in [2.05, 4.69) is 0 Å². The van der Waals surface area contributed by atoms with Crippen molar-refractivity contribution in [1.29, 1.82) is 0 Å². The van der Waals surface area contributed by atoms with E-state index in [1.54, 1.807) is 4.90 Å². The van der Waals surface area contributed by atoms with E-state index in [-0.39, 0.29) is 36.8 Å². The number of carbonyl (C=O) groups excluding carboxylic acids is 2. The van der Waals surface area contributed by atoms with E-state index >= 15 is 0 Å². The molecule has 3 atom stereocenters. The summed E-state index contributed by atoms with van der Waals surface area (Å²) in [5.41, 5.74) is 0.533. The summed E-state index contributed by atoms with van der Waals surface area (Å²) in [6.07, 6.45) is -0.526. The number of ether oxygens (including phenoxy) is 2. The molecule has 1 aromatic rings. The van der Waals surface area contributed by atoms with Gasteiger partial charge in [-0.3, -0.25) is 4.79 Å². The standard InChI is InChI=1S/C19H26N2O4/c1-13(14-8-6-5-7-9-14)21-15-10-20(18(23)25-19(2,3)4)11-16(15)24-12-17(21)22/h5-9,13,15-16H,10-12H2,1-4H3/t13-,15-,16-/m1/s1. The Kier molecular flexibility index (Phi) is 4.73. The van der Waals surface area contributed by atoms with Crippen LogP contribution in [-0.4, -0.2) is 59.2 Å². The SMILES string of the molecule is C[C@H](c1ccccc1)N1C(=O)CO[C@@H]2CN(C(=O)OC(C)(C)C)C[C@H]21. The van der Waals surface area contributed by atoms with Gasteiger partial charge in [0.05, 0.1) is 24.7 Å². The maximum atomic E-state index is 12.5. The van der Waals surface area contributed by atoms with Crippen LogP contribution >= 0.6 is 0 Å². The minimum Gasteiger partial charge on any atom is -0.444 e. The molecule has 0 aliphatic carbocycles. The second kappa shape index (κ2) is 6.67. The largest absolute Gasteiger partial charge is 0.444 e. The zero-order valence-corrected chi connectivity index (χ0v) is 15.3. The van der Waals surface area contributed by atoms with Gasteiger partial charge in [0.2, 0.25) is 5.91 Å². The fraction of sp³-hybridized carbons (Fsp3) is 0.579. The second-order valence-corrected chi connectivity index (χ2v) is 7.69. The van der Waals surface area contributed by atoms with Gasteiger partial charge in [0.1, 0.15) is 12.2 Å². The van der Waals surface area contributed by atoms with E-state index in [9.17, 15) is 9.59 Å². The normalized spacial score (nSPS) is 24.9. The predicted molar refractivity (Wildman–Crippen MR) is 93.0 cm³/mol. The first-order valence-corrected chi connectivity index (χ1v) is 8.72. The van der Waals surface area contributed by atoms with Gasteiger partial charge in [0.15, 0.2) is 0 Å². The molecule has 136 valence electrons.